The van der Waals surface area contributed by atoms with E-state index in [1.54, 1.807) is 24.5 Å². The first-order chi connectivity index (χ1) is 10.7. The summed E-state index contributed by atoms with van der Waals surface area (Å²) in [5, 5.41) is 13.4. The zero-order valence-corrected chi connectivity index (χ0v) is 12.5. The summed E-state index contributed by atoms with van der Waals surface area (Å²) in [6.45, 7) is 0.574. The molecule has 2 N–H and O–H groups in total. The van der Waals surface area contributed by atoms with E-state index in [4.69, 9.17) is 4.42 Å². The number of carbonyl (C=O) groups is 1. The molecule has 0 amide bonds. The normalized spacial score (nSPS) is 17.2. The minimum Gasteiger partial charge on any atom is -0.478 e. The molecule has 1 aliphatic heterocycles. The molecule has 2 aromatic rings. The Morgan fingerprint density at radius 3 is 2.91 bits per heavy atom. The van der Waals surface area contributed by atoms with Gasteiger partial charge in [-0.2, -0.15) is 5.10 Å². The average molecular weight is 317 g/mol. The zero-order valence-electron chi connectivity index (χ0n) is 11.6. The third kappa shape index (κ3) is 2.80. The van der Waals surface area contributed by atoms with Crippen molar-refractivity contribution < 1.29 is 14.3 Å². The van der Waals surface area contributed by atoms with Crippen LogP contribution in [0.3, 0.4) is 0 Å². The molecule has 3 rings (SSSR count). The largest absolute Gasteiger partial charge is 0.478 e. The van der Waals surface area contributed by atoms with Gasteiger partial charge in [0.1, 0.15) is 0 Å². The summed E-state index contributed by atoms with van der Waals surface area (Å²) in [6.07, 6.45) is 2.16. The monoisotopic (exact) mass is 317 g/mol. The number of carboxylic acids is 1. The number of hydrogen-bond donors (Lipinski definition) is 3. The van der Waals surface area contributed by atoms with Crippen molar-refractivity contribution in [2.45, 2.75) is 11.9 Å². The molecule has 0 saturated carbocycles. The van der Waals surface area contributed by atoms with Crippen LogP contribution in [0.25, 0.3) is 0 Å². The molecule has 114 valence electrons. The maximum atomic E-state index is 11.3. The lowest BCUT2D eigenvalue weighted by Gasteiger charge is -2.23. The lowest BCUT2D eigenvalue weighted by Crippen LogP contribution is -2.38. The Labute approximate surface area is 132 Å². The highest BCUT2D eigenvalue weighted by atomic mass is 32.1. The van der Waals surface area contributed by atoms with Gasteiger partial charge in [0.15, 0.2) is 17.1 Å². The summed E-state index contributed by atoms with van der Waals surface area (Å²) in [4.78, 5) is 13.2. The van der Waals surface area contributed by atoms with E-state index in [1.165, 1.54) is 0 Å². The van der Waals surface area contributed by atoms with E-state index in [9.17, 15) is 9.90 Å². The smallest absolute Gasteiger partial charge is 0.335 e. The Bertz CT molecular complexity index is 700. The third-order valence-corrected chi connectivity index (χ3v) is 3.86. The molecule has 0 fully saturated rings. The van der Waals surface area contributed by atoms with Crippen LogP contribution in [-0.4, -0.2) is 33.9 Å². The van der Waals surface area contributed by atoms with Gasteiger partial charge >= 0.3 is 5.97 Å². The van der Waals surface area contributed by atoms with E-state index in [1.807, 2.05) is 23.1 Å². The maximum Gasteiger partial charge on any atom is 0.335 e. The number of carboxylic acid groups (broad SMARTS) is 1. The number of rotatable bonds is 5. The fourth-order valence-corrected chi connectivity index (χ4v) is 2.67. The summed E-state index contributed by atoms with van der Waals surface area (Å²) in [6, 6.07) is 10.6. The van der Waals surface area contributed by atoms with Gasteiger partial charge in [-0.25, -0.2) is 4.79 Å². The molecule has 1 atom stereocenters. The lowest BCUT2D eigenvalue weighted by molar-refractivity contribution is 0.0695. The second-order valence-corrected chi connectivity index (χ2v) is 5.31. The van der Waals surface area contributed by atoms with Gasteiger partial charge in [-0.05, 0) is 30.2 Å². The Morgan fingerprint density at radius 2 is 2.18 bits per heavy atom. The second kappa shape index (κ2) is 6.15. The highest BCUT2D eigenvalue weighted by molar-refractivity contribution is 7.80. The van der Waals surface area contributed by atoms with E-state index >= 15 is 0 Å². The third-order valence-electron chi connectivity index (χ3n) is 3.46. The van der Waals surface area contributed by atoms with Gasteiger partial charge in [-0.15, -0.1) is 12.6 Å². The number of hydrogen-bond acceptors (Lipinski definition) is 6. The number of thiol groups is 1. The molecule has 7 heteroatoms. The summed E-state index contributed by atoms with van der Waals surface area (Å²) in [7, 11) is 0. The molecule has 1 aliphatic rings. The van der Waals surface area contributed by atoms with Crippen LogP contribution in [0.1, 0.15) is 21.7 Å². The molecule has 0 saturated heterocycles. The van der Waals surface area contributed by atoms with Gasteiger partial charge < -0.3 is 14.4 Å². The average Bonchev–Trinajstić information content (AvgIpc) is 3.15. The molecule has 6 nitrogen and oxygen atoms in total. The number of hydrazone groups is 1. The fraction of sp³-hybridized carbons (Fsp3) is 0.200. The predicted molar refractivity (Wildman–Crippen MR) is 85.0 cm³/mol. The Morgan fingerprint density at radius 1 is 1.36 bits per heavy atom. The number of furan rings is 1. The molecule has 1 aromatic carbocycles. The molecule has 0 radical (unpaired) electrons. The molecular formula is C15H15N3O3S. The van der Waals surface area contributed by atoms with Crippen molar-refractivity contribution in [3.05, 3.63) is 59.5 Å². The van der Waals surface area contributed by atoms with Crippen LogP contribution in [0.4, 0.5) is 0 Å². The summed E-state index contributed by atoms with van der Waals surface area (Å²) in [5.74, 6) is 0.394. The van der Waals surface area contributed by atoms with Crippen molar-refractivity contribution in [1.82, 2.24) is 10.3 Å². The first kappa shape index (κ1) is 14.5. The summed E-state index contributed by atoms with van der Waals surface area (Å²) >= 11 is 4.43. The highest BCUT2D eigenvalue weighted by Crippen LogP contribution is 2.18. The zero-order chi connectivity index (χ0) is 15.5. The topological polar surface area (TPSA) is 78.1 Å². The number of benzene rings is 1. The molecular weight excluding hydrogens is 302 g/mol. The highest BCUT2D eigenvalue weighted by Gasteiger charge is 2.27. The molecule has 1 aromatic heterocycles. The first-order valence-corrected chi connectivity index (χ1v) is 7.31. The van der Waals surface area contributed by atoms with Gasteiger partial charge in [0, 0.05) is 6.54 Å². The minimum atomic E-state index is -0.919. The van der Waals surface area contributed by atoms with Crippen LogP contribution < -0.4 is 5.43 Å². The molecule has 0 bridgehead atoms. The van der Waals surface area contributed by atoms with E-state index in [-0.39, 0.29) is 5.50 Å². The van der Waals surface area contributed by atoms with E-state index in [0.717, 1.165) is 5.56 Å². The number of amidine groups is 1. The van der Waals surface area contributed by atoms with Crippen molar-refractivity contribution >= 4 is 24.4 Å². The van der Waals surface area contributed by atoms with Crippen molar-refractivity contribution in [1.29, 1.82) is 0 Å². The minimum absolute atomic E-state index is 0.267. The van der Waals surface area contributed by atoms with Gasteiger partial charge in [0.25, 0.3) is 0 Å². The SMILES string of the molecule is O=C(O)c1ccccc1CCN1C(c2ccco2)=NNC1S. The number of nitrogens with one attached hydrogen (secondary N) is 1. The van der Waals surface area contributed by atoms with Crippen LogP contribution in [0.5, 0.6) is 0 Å². The summed E-state index contributed by atoms with van der Waals surface area (Å²) in [5.41, 5.74) is 3.72. The standard InChI is InChI=1S/C15H15N3O3S/c19-14(20)11-5-2-1-4-10(11)7-8-18-13(16-17-15(18)22)12-6-3-9-21-12/h1-6,9,15,17,22H,7-8H2,(H,19,20). The van der Waals surface area contributed by atoms with E-state index in [2.05, 4.69) is 23.2 Å². The fourth-order valence-electron chi connectivity index (χ4n) is 2.39. The Hall–Kier alpha value is -2.41. The first-order valence-electron chi connectivity index (χ1n) is 6.80. The van der Waals surface area contributed by atoms with Crippen LogP contribution in [0.15, 0.2) is 52.2 Å². The van der Waals surface area contributed by atoms with Gasteiger partial charge in [-0.1, -0.05) is 18.2 Å². The van der Waals surface area contributed by atoms with Crippen molar-refractivity contribution in [3.8, 4) is 0 Å². The van der Waals surface area contributed by atoms with Crippen LogP contribution in [0.2, 0.25) is 0 Å². The predicted octanol–water partition coefficient (Wildman–Crippen LogP) is 2.00. The van der Waals surface area contributed by atoms with Crippen LogP contribution >= 0.6 is 12.6 Å². The number of nitrogens with zero attached hydrogens (tertiary/aromatic N) is 2. The molecule has 22 heavy (non-hydrogen) atoms. The van der Waals surface area contributed by atoms with E-state index in [0.29, 0.717) is 30.1 Å². The molecule has 0 spiro atoms. The molecule has 2 heterocycles. The van der Waals surface area contributed by atoms with Gasteiger partial charge in [-0.3, -0.25) is 5.43 Å². The lowest BCUT2D eigenvalue weighted by atomic mass is 10.0. The van der Waals surface area contributed by atoms with Crippen LogP contribution in [0, 0.1) is 0 Å². The Balaban J connectivity index is 1.76. The van der Waals surface area contributed by atoms with Gasteiger partial charge in [0.05, 0.1) is 11.8 Å². The second-order valence-electron chi connectivity index (χ2n) is 4.82. The van der Waals surface area contributed by atoms with Crippen molar-refractivity contribution in [2.75, 3.05) is 6.54 Å². The number of aromatic carboxylic acids is 1. The van der Waals surface area contributed by atoms with E-state index < -0.39 is 5.97 Å². The molecule has 1 unspecified atom stereocenters. The Kier molecular flexibility index (Phi) is 4.06. The van der Waals surface area contributed by atoms with Crippen LogP contribution in [-0.2, 0) is 6.42 Å². The quantitative estimate of drug-likeness (QED) is 0.735. The molecule has 0 aliphatic carbocycles. The maximum absolute atomic E-state index is 11.3. The van der Waals surface area contributed by atoms with Crippen molar-refractivity contribution in [3.63, 3.8) is 0 Å². The van der Waals surface area contributed by atoms with Gasteiger partial charge in [0.2, 0.25) is 0 Å². The van der Waals surface area contributed by atoms with Crippen molar-refractivity contribution in [2.24, 2.45) is 5.10 Å². The summed E-state index contributed by atoms with van der Waals surface area (Å²) < 4.78 is 5.37.